The second kappa shape index (κ2) is 32.8. The molecule has 0 bridgehead atoms. The van der Waals surface area contributed by atoms with Crippen molar-refractivity contribution in [1.29, 1.82) is 0 Å². The van der Waals surface area contributed by atoms with Crippen LogP contribution in [0.2, 0.25) is 0 Å². The quantitative estimate of drug-likeness (QED) is 0.0230. The number of ether oxygens (including phenoxy) is 2. The Hall–Kier alpha value is -2.03. The van der Waals surface area contributed by atoms with E-state index in [0.29, 0.717) is 17.4 Å². The van der Waals surface area contributed by atoms with E-state index >= 15 is 0 Å². The molecule has 50 heavy (non-hydrogen) atoms. The van der Waals surface area contributed by atoms with E-state index in [1.54, 1.807) is 0 Å². The Kier molecular flexibility index (Phi) is 31.5. The number of phosphoric acid groups is 1. The summed E-state index contributed by atoms with van der Waals surface area (Å²) >= 11 is 0. The molecule has 0 saturated carbocycles. The summed E-state index contributed by atoms with van der Waals surface area (Å²) in [6, 6.07) is 0. The molecular formula is C40H73NO8P+. The van der Waals surface area contributed by atoms with Crippen molar-refractivity contribution in [2.75, 3.05) is 47.5 Å². The van der Waals surface area contributed by atoms with Gasteiger partial charge in [0.25, 0.3) is 0 Å². The van der Waals surface area contributed by atoms with Gasteiger partial charge in [0.15, 0.2) is 6.10 Å². The fourth-order valence-electron chi connectivity index (χ4n) is 4.83. The van der Waals surface area contributed by atoms with E-state index in [2.05, 4.69) is 62.5 Å². The van der Waals surface area contributed by atoms with Crippen molar-refractivity contribution in [1.82, 2.24) is 0 Å². The monoisotopic (exact) mass is 727 g/mol. The second-order valence-corrected chi connectivity index (χ2v) is 15.4. The molecule has 2 atom stereocenters. The Morgan fingerprint density at radius 3 is 1.70 bits per heavy atom. The molecule has 0 fully saturated rings. The van der Waals surface area contributed by atoms with Crippen molar-refractivity contribution in [2.45, 2.75) is 148 Å². The molecule has 0 amide bonds. The summed E-state index contributed by atoms with van der Waals surface area (Å²) in [5.41, 5.74) is 0. The number of hydrogen-bond acceptors (Lipinski definition) is 7. The third-order valence-electron chi connectivity index (χ3n) is 7.87. The Morgan fingerprint density at radius 1 is 0.640 bits per heavy atom. The first-order valence-corrected chi connectivity index (χ1v) is 20.9. The number of esters is 2. The summed E-state index contributed by atoms with van der Waals surface area (Å²) < 4.78 is 34.1. The predicted octanol–water partition coefficient (Wildman–Crippen LogP) is 10.3. The number of allylic oxidation sites excluding steroid dienone is 8. The standard InChI is InChI=1S/C40H72NO8P/c1-6-8-10-12-14-16-18-19-20-21-23-25-27-29-31-33-40(43)49-38(37-48-50(44,45)47-35-34-41(3,4)5)36-46-39(42)32-30-28-26-24-22-17-15-13-11-9-7-2/h8,10,14,16,19-20,23,25,38H,6-7,9,11-13,15,17-18,21-22,24,26-37H2,1-5H3/p+1/b10-8-,16-14-,20-19-,25-23-. The maximum Gasteiger partial charge on any atom is 0.472 e. The first-order valence-electron chi connectivity index (χ1n) is 19.4. The molecule has 0 aliphatic heterocycles. The number of likely N-dealkylation sites (N-methyl/N-ethyl adjacent to an activating group) is 1. The lowest BCUT2D eigenvalue weighted by Gasteiger charge is -2.24. The Labute approximate surface area is 305 Å². The van der Waals surface area contributed by atoms with Crippen LogP contribution in [0.1, 0.15) is 142 Å². The highest BCUT2D eigenvalue weighted by atomic mass is 31.2. The van der Waals surface area contributed by atoms with Crippen LogP contribution in [0.25, 0.3) is 0 Å². The van der Waals surface area contributed by atoms with Gasteiger partial charge in [0, 0.05) is 12.8 Å². The van der Waals surface area contributed by atoms with Crippen LogP contribution in [0.4, 0.5) is 0 Å². The van der Waals surface area contributed by atoms with Gasteiger partial charge in [-0.3, -0.25) is 18.6 Å². The van der Waals surface area contributed by atoms with Crippen molar-refractivity contribution >= 4 is 19.8 Å². The van der Waals surface area contributed by atoms with Crippen molar-refractivity contribution in [3.63, 3.8) is 0 Å². The molecule has 0 saturated heterocycles. The van der Waals surface area contributed by atoms with E-state index in [-0.39, 0.29) is 32.0 Å². The van der Waals surface area contributed by atoms with Crippen LogP contribution < -0.4 is 0 Å². The minimum atomic E-state index is -4.38. The van der Waals surface area contributed by atoms with E-state index in [1.807, 2.05) is 21.1 Å². The molecule has 0 aliphatic rings. The number of rotatable bonds is 34. The summed E-state index contributed by atoms with van der Waals surface area (Å²) in [6.45, 7) is 4.22. The highest BCUT2D eigenvalue weighted by Crippen LogP contribution is 2.43. The summed E-state index contributed by atoms with van der Waals surface area (Å²) in [7, 11) is 1.44. The topological polar surface area (TPSA) is 108 Å². The zero-order chi connectivity index (χ0) is 37.2. The van der Waals surface area contributed by atoms with Gasteiger partial charge in [-0.2, -0.15) is 0 Å². The van der Waals surface area contributed by atoms with Crippen LogP contribution in [0, 0.1) is 0 Å². The molecule has 0 heterocycles. The molecule has 290 valence electrons. The van der Waals surface area contributed by atoms with Crippen LogP contribution in [0.15, 0.2) is 48.6 Å². The first-order chi connectivity index (χ1) is 24.0. The predicted molar refractivity (Wildman–Crippen MR) is 206 cm³/mol. The van der Waals surface area contributed by atoms with Gasteiger partial charge < -0.3 is 18.9 Å². The number of quaternary nitrogens is 1. The molecule has 0 aromatic heterocycles. The van der Waals surface area contributed by atoms with E-state index < -0.39 is 26.5 Å². The molecule has 10 heteroatoms. The zero-order valence-corrected chi connectivity index (χ0v) is 33.3. The number of phosphoric ester groups is 1. The molecule has 0 aromatic rings. The van der Waals surface area contributed by atoms with Crippen molar-refractivity contribution in [2.24, 2.45) is 0 Å². The minimum Gasteiger partial charge on any atom is -0.462 e. The molecule has 0 spiro atoms. The summed E-state index contributed by atoms with van der Waals surface area (Å²) in [6.07, 6.45) is 35.9. The molecule has 9 nitrogen and oxygen atoms in total. The Balaban J connectivity index is 4.52. The smallest absolute Gasteiger partial charge is 0.462 e. The first kappa shape index (κ1) is 48.0. The normalized spacial score (nSPS) is 14.3. The van der Waals surface area contributed by atoms with Crippen LogP contribution in [0.5, 0.6) is 0 Å². The number of nitrogens with zero attached hydrogens (tertiary/aromatic N) is 1. The van der Waals surface area contributed by atoms with Crippen LogP contribution in [0.3, 0.4) is 0 Å². The maximum absolute atomic E-state index is 12.6. The summed E-state index contributed by atoms with van der Waals surface area (Å²) in [5.74, 6) is -0.852. The van der Waals surface area contributed by atoms with E-state index in [4.69, 9.17) is 18.5 Å². The van der Waals surface area contributed by atoms with Gasteiger partial charge in [0.1, 0.15) is 19.8 Å². The van der Waals surface area contributed by atoms with Gasteiger partial charge in [0.05, 0.1) is 27.7 Å². The number of carbonyl (C=O) groups is 2. The van der Waals surface area contributed by atoms with Crippen molar-refractivity contribution in [3.8, 4) is 0 Å². The van der Waals surface area contributed by atoms with Gasteiger partial charge in [-0.1, -0.05) is 127 Å². The van der Waals surface area contributed by atoms with Crippen LogP contribution >= 0.6 is 7.82 Å². The van der Waals surface area contributed by atoms with Crippen LogP contribution in [-0.4, -0.2) is 74.9 Å². The third kappa shape index (κ3) is 35.8. The summed E-state index contributed by atoms with van der Waals surface area (Å²) in [4.78, 5) is 35.1. The molecule has 0 rings (SSSR count). The number of unbranched alkanes of at least 4 members (excludes halogenated alkanes) is 12. The molecule has 2 unspecified atom stereocenters. The lowest BCUT2D eigenvalue weighted by atomic mass is 10.1. The Morgan fingerprint density at radius 2 is 1.14 bits per heavy atom. The van der Waals surface area contributed by atoms with Gasteiger partial charge in [-0.15, -0.1) is 0 Å². The highest BCUT2D eigenvalue weighted by molar-refractivity contribution is 7.47. The zero-order valence-electron chi connectivity index (χ0n) is 32.4. The lowest BCUT2D eigenvalue weighted by molar-refractivity contribution is -0.870. The highest BCUT2D eigenvalue weighted by Gasteiger charge is 2.27. The number of hydrogen-bond donors (Lipinski definition) is 1. The van der Waals surface area contributed by atoms with Gasteiger partial charge >= 0.3 is 19.8 Å². The van der Waals surface area contributed by atoms with E-state index in [1.165, 1.54) is 51.4 Å². The van der Waals surface area contributed by atoms with Crippen molar-refractivity contribution < 1.29 is 42.1 Å². The molecule has 1 N–H and O–H groups in total. The van der Waals surface area contributed by atoms with Gasteiger partial charge in [0.2, 0.25) is 0 Å². The number of carbonyl (C=O) groups excluding carboxylic acids is 2. The fraction of sp³-hybridized carbons (Fsp3) is 0.750. The van der Waals surface area contributed by atoms with Gasteiger partial charge in [-0.25, -0.2) is 4.57 Å². The van der Waals surface area contributed by atoms with E-state index in [9.17, 15) is 19.0 Å². The van der Waals surface area contributed by atoms with E-state index in [0.717, 1.165) is 57.8 Å². The Bertz CT molecular complexity index is 1000. The molecule has 0 aliphatic carbocycles. The molecule has 0 aromatic carbocycles. The summed E-state index contributed by atoms with van der Waals surface area (Å²) in [5, 5.41) is 0. The maximum atomic E-state index is 12.6. The molecular weight excluding hydrogens is 653 g/mol. The van der Waals surface area contributed by atoms with Crippen LogP contribution in [-0.2, 0) is 32.7 Å². The minimum absolute atomic E-state index is 0.0228. The third-order valence-corrected chi connectivity index (χ3v) is 8.86. The van der Waals surface area contributed by atoms with Gasteiger partial charge in [-0.05, 0) is 51.4 Å². The molecule has 0 radical (unpaired) electrons. The second-order valence-electron chi connectivity index (χ2n) is 13.9. The SMILES string of the molecule is CC/C=C\C/C=C\C/C=C\C/C=C\CCCCC(=O)OC(COC(=O)CCCCCCCCCCCCC)COP(=O)(O)OCC[N+](C)(C)C. The largest absolute Gasteiger partial charge is 0.472 e. The average molecular weight is 727 g/mol. The van der Waals surface area contributed by atoms with Crippen molar-refractivity contribution in [3.05, 3.63) is 48.6 Å². The lowest BCUT2D eigenvalue weighted by Crippen LogP contribution is -2.37. The fourth-order valence-corrected chi connectivity index (χ4v) is 5.57. The average Bonchev–Trinajstić information content (AvgIpc) is 3.06.